The van der Waals surface area contributed by atoms with Gasteiger partial charge in [-0.3, -0.25) is 19.2 Å². The van der Waals surface area contributed by atoms with E-state index in [1.165, 1.54) is 0 Å². The van der Waals surface area contributed by atoms with Gasteiger partial charge in [0, 0.05) is 55.3 Å². The molecule has 0 bridgehead atoms. The number of nitrogens with two attached hydrogens (primary N) is 1. The predicted molar refractivity (Wildman–Crippen MR) is 168 cm³/mol. The van der Waals surface area contributed by atoms with Crippen molar-refractivity contribution in [1.29, 1.82) is 0 Å². The summed E-state index contributed by atoms with van der Waals surface area (Å²) in [5, 5.41) is 20.1. The molecule has 0 atom stereocenters. The van der Waals surface area contributed by atoms with Crippen molar-refractivity contribution in [2.24, 2.45) is 5.73 Å². The lowest BCUT2D eigenvalue weighted by Gasteiger charge is -2.33. The summed E-state index contributed by atoms with van der Waals surface area (Å²) in [6.45, 7) is -0.398. The van der Waals surface area contributed by atoms with Crippen molar-refractivity contribution in [1.82, 2.24) is 5.32 Å². The van der Waals surface area contributed by atoms with Gasteiger partial charge in [-0.25, -0.2) is 0 Å². The molecule has 0 heterocycles. The van der Waals surface area contributed by atoms with Crippen molar-refractivity contribution in [3.05, 3.63) is 72.8 Å². The molecule has 0 saturated carbocycles. The Morgan fingerprint density at radius 1 is 0.548 bits per heavy atom. The molecule has 0 aromatic heterocycles. The maximum absolute atomic E-state index is 13.4. The van der Waals surface area contributed by atoms with Crippen molar-refractivity contribution in [3.8, 4) is 0 Å². The first-order valence-electron chi connectivity index (χ1n) is 13.4. The van der Waals surface area contributed by atoms with Crippen LogP contribution in [0.3, 0.4) is 0 Å². The summed E-state index contributed by atoms with van der Waals surface area (Å²) in [5.74, 6) is -2.13. The van der Waals surface area contributed by atoms with E-state index in [2.05, 4.69) is 37.2 Å². The molecule has 0 unspecified atom stereocenters. The van der Waals surface area contributed by atoms with Crippen molar-refractivity contribution < 1.29 is 19.2 Å². The van der Waals surface area contributed by atoms with Gasteiger partial charge in [-0.05, 0) is 54.6 Å². The maximum atomic E-state index is 13.4. The Labute approximate surface area is 245 Å². The minimum Gasteiger partial charge on any atom is -0.388 e. The molecule has 0 spiro atoms. The average molecular weight is 575 g/mol. The van der Waals surface area contributed by atoms with Gasteiger partial charge in [0.05, 0.1) is 31.3 Å². The van der Waals surface area contributed by atoms with Crippen molar-refractivity contribution in [2.75, 3.05) is 59.6 Å². The van der Waals surface area contributed by atoms with Gasteiger partial charge in [-0.15, -0.1) is 0 Å². The summed E-state index contributed by atoms with van der Waals surface area (Å²) in [4.78, 5) is 52.7. The largest absolute Gasteiger partial charge is 0.388 e. The number of benzene rings is 3. The molecule has 9 N–H and O–H groups in total. The van der Waals surface area contributed by atoms with Crippen LogP contribution < -0.4 is 43.0 Å². The van der Waals surface area contributed by atoms with E-state index in [0.29, 0.717) is 17.1 Å². The minimum atomic E-state index is -1.60. The van der Waals surface area contributed by atoms with Gasteiger partial charge >= 0.3 is 0 Å². The van der Waals surface area contributed by atoms with Gasteiger partial charge in [0.1, 0.15) is 0 Å². The molecule has 0 fully saturated rings. The minimum absolute atomic E-state index is 0.379. The van der Waals surface area contributed by atoms with Crippen LogP contribution >= 0.6 is 0 Å². The van der Waals surface area contributed by atoms with E-state index in [4.69, 9.17) is 5.73 Å². The lowest BCUT2D eigenvalue weighted by Crippen LogP contribution is -2.55. The molecule has 4 amide bonds. The summed E-state index contributed by atoms with van der Waals surface area (Å²) in [6.07, 6.45) is -1.14. The third-order valence-corrected chi connectivity index (χ3v) is 6.39. The molecule has 3 rings (SSSR count). The number of carbonyl (C=O) groups is 4. The van der Waals surface area contributed by atoms with Crippen LogP contribution in [0.5, 0.6) is 0 Å². The fourth-order valence-electron chi connectivity index (χ4n) is 4.46. The molecule has 0 radical (unpaired) electrons. The maximum Gasteiger partial charge on any atom is 0.234 e. The van der Waals surface area contributed by atoms with E-state index < -0.39 is 35.7 Å². The standard InChI is InChI=1S/C30H38N8O4/c1-32-20-7-4-10-23(13-20)35-26(39)16-30(38-29(42)19-31,17-27(40)36-24-11-5-8-21(14-24)33-2)18-28(41)37-25-12-6-9-22(15-25)34-3/h4-15,32-34H,16-19,31H2,1-3H3,(H,35,39)(H,36,40)(H,37,41)(H,38,42). The highest BCUT2D eigenvalue weighted by Gasteiger charge is 2.39. The number of nitrogens with one attached hydrogen (secondary N) is 7. The summed E-state index contributed by atoms with van der Waals surface area (Å²) >= 11 is 0. The fraction of sp³-hybridized carbons (Fsp3) is 0.267. The molecule has 222 valence electrons. The van der Waals surface area contributed by atoms with E-state index in [1.807, 2.05) is 18.2 Å². The zero-order chi connectivity index (χ0) is 30.5. The quantitative estimate of drug-likeness (QED) is 0.145. The van der Waals surface area contributed by atoms with Crippen molar-refractivity contribution >= 4 is 57.8 Å². The number of hydrogen-bond acceptors (Lipinski definition) is 8. The number of carbonyl (C=O) groups excluding carboxylic acids is 4. The summed E-state index contributed by atoms with van der Waals surface area (Å²) < 4.78 is 0. The molecule has 12 heteroatoms. The Bertz CT molecular complexity index is 1260. The van der Waals surface area contributed by atoms with Crippen LogP contribution in [0.1, 0.15) is 19.3 Å². The van der Waals surface area contributed by atoms with Crippen LogP contribution in [-0.4, -0.2) is 56.9 Å². The van der Waals surface area contributed by atoms with Crippen LogP contribution in [0.4, 0.5) is 34.1 Å². The van der Waals surface area contributed by atoms with Gasteiger partial charge in [0.15, 0.2) is 0 Å². The van der Waals surface area contributed by atoms with Crippen molar-refractivity contribution in [3.63, 3.8) is 0 Å². The zero-order valence-corrected chi connectivity index (χ0v) is 24.0. The third-order valence-electron chi connectivity index (χ3n) is 6.39. The number of anilines is 6. The monoisotopic (exact) mass is 574 g/mol. The normalized spacial score (nSPS) is 10.7. The first-order chi connectivity index (χ1) is 20.2. The Kier molecular flexibility index (Phi) is 11.3. The highest BCUT2D eigenvalue weighted by atomic mass is 16.2. The molecule has 12 nitrogen and oxygen atoms in total. The molecule has 0 aliphatic heterocycles. The smallest absolute Gasteiger partial charge is 0.234 e. The number of rotatable bonds is 14. The van der Waals surface area contributed by atoms with E-state index in [0.717, 1.165) is 17.1 Å². The summed E-state index contributed by atoms with van der Waals surface area (Å²) in [7, 11) is 5.26. The van der Waals surface area contributed by atoms with Gasteiger partial charge in [0.2, 0.25) is 23.6 Å². The molecular formula is C30H38N8O4. The molecule has 3 aromatic carbocycles. The van der Waals surface area contributed by atoms with E-state index >= 15 is 0 Å². The topological polar surface area (TPSA) is 179 Å². The van der Waals surface area contributed by atoms with Crippen LogP contribution in [-0.2, 0) is 19.2 Å². The average Bonchev–Trinajstić information content (AvgIpc) is 2.96. The molecule has 0 aliphatic carbocycles. The Hall–Kier alpha value is -5.10. The Morgan fingerprint density at radius 3 is 1.14 bits per heavy atom. The van der Waals surface area contributed by atoms with Crippen LogP contribution in [0.2, 0.25) is 0 Å². The van der Waals surface area contributed by atoms with Crippen molar-refractivity contribution in [2.45, 2.75) is 24.8 Å². The summed E-state index contributed by atoms with van der Waals surface area (Å²) in [5.41, 5.74) is 7.86. The molecule has 3 aromatic rings. The van der Waals surface area contributed by atoms with Crippen LogP contribution in [0.25, 0.3) is 0 Å². The summed E-state index contributed by atoms with van der Waals surface area (Å²) in [6, 6.07) is 21.2. The molecular weight excluding hydrogens is 536 g/mol. The van der Waals surface area contributed by atoms with Gasteiger partial charge in [0.25, 0.3) is 0 Å². The Morgan fingerprint density at radius 2 is 0.857 bits per heavy atom. The van der Waals surface area contributed by atoms with Crippen LogP contribution in [0.15, 0.2) is 72.8 Å². The number of amides is 4. The lowest BCUT2D eigenvalue weighted by atomic mass is 9.85. The molecule has 0 saturated heterocycles. The predicted octanol–water partition coefficient (Wildman–Crippen LogP) is 3.01. The molecule has 42 heavy (non-hydrogen) atoms. The first-order valence-corrected chi connectivity index (χ1v) is 13.4. The van der Waals surface area contributed by atoms with Gasteiger partial charge in [-0.2, -0.15) is 0 Å². The highest BCUT2D eigenvalue weighted by Crippen LogP contribution is 2.26. The van der Waals surface area contributed by atoms with E-state index in [-0.39, 0.29) is 19.3 Å². The fourth-order valence-corrected chi connectivity index (χ4v) is 4.46. The zero-order valence-electron chi connectivity index (χ0n) is 24.0. The second kappa shape index (κ2) is 15.1. The van der Waals surface area contributed by atoms with Gasteiger partial charge in [-0.1, -0.05) is 18.2 Å². The second-order valence-electron chi connectivity index (χ2n) is 9.70. The second-order valence-corrected chi connectivity index (χ2v) is 9.70. The lowest BCUT2D eigenvalue weighted by molar-refractivity contribution is -0.126. The molecule has 0 aliphatic rings. The van der Waals surface area contributed by atoms with Crippen LogP contribution in [0, 0.1) is 0 Å². The van der Waals surface area contributed by atoms with Gasteiger partial charge < -0.3 is 43.0 Å². The first kappa shape index (κ1) is 31.4. The highest BCUT2D eigenvalue weighted by molar-refractivity contribution is 5.99. The van der Waals surface area contributed by atoms with E-state index in [1.54, 1.807) is 75.7 Å². The Balaban J connectivity index is 1.91. The number of hydrogen-bond donors (Lipinski definition) is 8. The SMILES string of the molecule is CNc1cccc(NC(=O)CC(CC(=O)Nc2cccc(NC)c2)(CC(=O)Nc2cccc(NC)c2)NC(=O)CN)c1. The van der Waals surface area contributed by atoms with E-state index in [9.17, 15) is 19.2 Å². The third kappa shape index (κ3) is 9.52.